The van der Waals surface area contributed by atoms with E-state index in [0.29, 0.717) is 6.07 Å². The second-order valence-corrected chi connectivity index (χ2v) is 4.22. The molecule has 1 nitrogen and oxygen atoms in total. The van der Waals surface area contributed by atoms with Crippen molar-refractivity contribution >= 4 is 23.1 Å². The van der Waals surface area contributed by atoms with E-state index in [0.717, 1.165) is 0 Å². The van der Waals surface area contributed by atoms with E-state index < -0.39 is 28.9 Å². The van der Waals surface area contributed by atoms with Crippen LogP contribution in [-0.4, -0.2) is 4.98 Å². The third-order valence-electron chi connectivity index (χ3n) is 2.49. The minimum atomic E-state index is -4.91. The molecule has 1 aromatic heterocycles. The maximum absolute atomic E-state index is 12.8. The minimum absolute atomic E-state index is 0.0754. The summed E-state index contributed by atoms with van der Waals surface area (Å²) in [4.78, 5) is 2.35. The molecule has 8 heteroatoms. The summed E-state index contributed by atoms with van der Waals surface area (Å²) < 4.78 is 76.1. The van der Waals surface area contributed by atoms with Gasteiger partial charge in [0.2, 0.25) is 0 Å². The summed E-state index contributed by atoms with van der Waals surface area (Å²) in [5.74, 6) is 0. The van der Waals surface area contributed by atoms with Gasteiger partial charge in [-0.2, -0.15) is 26.3 Å². The second kappa shape index (κ2) is 4.22. The smallest absolute Gasteiger partial charge is 0.361 e. The highest BCUT2D eigenvalue weighted by molar-refractivity contribution is 7.71. The Morgan fingerprint density at radius 1 is 0.947 bits per heavy atom. The molecule has 0 bridgehead atoms. The lowest BCUT2D eigenvalue weighted by Gasteiger charge is -2.14. The van der Waals surface area contributed by atoms with Crippen LogP contribution in [0.15, 0.2) is 24.4 Å². The highest BCUT2D eigenvalue weighted by atomic mass is 32.1. The van der Waals surface area contributed by atoms with Crippen LogP contribution < -0.4 is 0 Å². The van der Waals surface area contributed by atoms with E-state index in [-0.39, 0.29) is 16.1 Å². The zero-order valence-electron chi connectivity index (χ0n) is 8.99. The lowest BCUT2D eigenvalue weighted by atomic mass is 10.0. The SMILES string of the molecule is FC(F)(F)c1cc(C(F)(F)F)c2c(=S)cc[nH]c2c1. The lowest BCUT2D eigenvalue weighted by Crippen LogP contribution is -2.11. The van der Waals surface area contributed by atoms with Gasteiger partial charge >= 0.3 is 12.4 Å². The molecule has 0 aliphatic carbocycles. The van der Waals surface area contributed by atoms with Gasteiger partial charge in [0.05, 0.1) is 11.1 Å². The molecule has 19 heavy (non-hydrogen) atoms. The largest absolute Gasteiger partial charge is 0.417 e. The lowest BCUT2D eigenvalue weighted by molar-refractivity contribution is -0.142. The molecule has 1 heterocycles. The standard InChI is InChI=1S/C11H5F6NS/c12-10(13,14)5-3-6(11(15,16)17)9-7(4-5)18-2-1-8(9)19/h1-4H,(H,18,19). The number of rotatable bonds is 0. The number of fused-ring (bicyclic) bond motifs is 1. The number of nitrogens with one attached hydrogen (secondary N) is 1. The number of alkyl halides is 6. The summed E-state index contributed by atoms with van der Waals surface area (Å²) in [5, 5.41) is -0.432. The fourth-order valence-electron chi connectivity index (χ4n) is 1.70. The van der Waals surface area contributed by atoms with E-state index in [9.17, 15) is 26.3 Å². The first-order chi connectivity index (χ1) is 8.60. The molecular formula is C11H5F6NS. The van der Waals surface area contributed by atoms with Gasteiger partial charge in [-0.25, -0.2) is 0 Å². The van der Waals surface area contributed by atoms with Crippen molar-refractivity contribution in [3.05, 3.63) is 40.0 Å². The summed E-state index contributed by atoms with van der Waals surface area (Å²) in [6, 6.07) is 1.88. The van der Waals surface area contributed by atoms with E-state index in [1.165, 1.54) is 12.3 Å². The molecule has 0 unspecified atom stereocenters. The molecule has 0 saturated heterocycles. The van der Waals surface area contributed by atoms with Crippen molar-refractivity contribution < 1.29 is 26.3 Å². The van der Waals surface area contributed by atoms with Crippen LogP contribution in [0.5, 0.6) is 0 Å². The number of pyridine rings is 1. The number of aromatic nitrogens is 1. The average Bonchev–Trinajstić information content (AvgIpc) is 2.25. The van der Waals surface area contributed by atoms with E-state index in [4.69, 9.17) is 12.2 Å². The van der Waals surface area contributed by atoms with E-state index >= 15 is 0 Å². The minimum Gasteiger partial charge on any atom is -0.361 e. The number of H-pyrrole nitrogens is 1. The molecular weight excluding hydrogens is 292 g/mol. The molecule has 0 aliphatic heterocycles. The number of aromatic amines is 1. The molecule has 0 radical (unpaired) electrons. The summed E-state index contributed by atoms with van der Waals surface area (Å²) in [7, 11) is 0. The molecule has 2 aromatic rings. The van der Waals surface area contributed by atoms with Crippen molar-refractivity contribution in [3.8, 4) is 0 Å². The third kappa shape index (κ3) is 2.58. The van der Waals surface area contributed by atoms with Crippen LogP contribution in [0.1, 0.15) is 11.1 Å². The van der Waals surface area contributed by atoms with Crippen LogP contribution in [-0.2, 0) is 12.4 Å². The van der Waals surface area contributed by atoms with Gasteiger partial charge in [0, 0.05) is 21.6 Å². The topological polar surface area (TPSA) is 15.8 Å². The van der Waals surface area contributed by atoms with Gasteiger partial charge in [-0.1, -0.05) is 12.2 Å². The van der Waals surface area contributed by atoms with Crippen molar-refractivity contribution in [1.82, 2.24) is 4.98 Å². The summed E-state index contributed by atoms with van der Waals surface area (Å²) >= 11 is 4.75. The Bertz CT molecular complexity index is 682. The third-order valence-corrected chi connectivity index (χ3v) is 2.83. The predicted molar refractivity (Wildman–Crippen MR) is 59.1 cm³/mol. The van der Waals surface area contributed by atoms with E-state index in [1.54, 1.807) is 0 Å². The monoisotopic (exact) mass is 297 g/mol. The van der Waals surface area contributed by atoms with E-state index in [2.05, 4.69) is 4.98 Å². The first kappa shape index (κ1) is 13.9. The van der Waals surface area contributed by atoms with E-state index in [1.807, 2.05) is 0 Å². The van der Waals surface area contributed by atoms with Gasteiger partial charge in [0.15, 0.2) is 0 Å². The van der Waals surface area contributed by atoms with Gasteiger partial charge in [0.1, 0.15) is 0 Å². The Balaban J connectivity index is 2.94. The van der Waals surface area contributed by atoms with Crippen molar-refractivity contribution in [1.29, 1.82) is 0 Å². The highest BCUT2D eigenvalue weighted by Crippen LogP contribution is 2.39. The molecule has 0 saturated carbocycles. The quantitative estimate of drug-likeness (QED) is 0.538. The molecule has 0 aliphatic rings. The zero-order chi connectivity index (χ0) is 14.4. The highest BCUT2D eigenvalue weighted by Gasteiger charge is 2.38. The Labute approximate surface area is 107 Å². The summed E-state index contributed by atoms with van der Waals surface area (Å²) in [6.45, 7) is 0. The van der Waals surface area contributed by atoms with Gasteiger partial charge < -0.3 is 4.98 Å². The maximum Gasteiger partial charge on any atom is 0.417 e. The van der Waals surface area contributed by atoms with Gasteiger partial charge in [-0.3, -0.25) is 0 Å². The summed E-state index contributed by atoms with van der Waals surface area (Å²) in [6.07, 6.45) is -8.58. The molecule has 1 aromatic carbocycles. The Morgan fingerprint density at radius 3 is 2.11 bits per heavy atom. The Morgan fingerprint density at radius 2 is 1.58 bits per heavy atom. The number of halogens is 6. The van der Waals surface area contributed by atoms with Crippen LogP contribution in [0.2, 0.25) is 0 Å². The number of hydrogen-bond acceptors (Lipinski definition) is 1. The number of benzene rings is 1. The van der Waals surface area contributed by atoms with Crippen LogP contribution >= 0.6 is 12.2 Å². The second-order valence-electron chi connectivity index (χ2n) is 3.78. The average molecular weight is 297 g/mol. The van der Waals surface area contributed by atoms with Crippen LogP contribution in [0.3, 0.4) is 0 Å². The fourth-order valence-corrected chi connectivity index (χ4v) is 1.99. The molecule has 0 spiro atoms. The van der Waals surface area contributed by atoms with Gasteiger partial charge in [-0.05, 0) is 18.2 Å². The van der Waals surface area contributed by atoms with Crippen molar-refractivity contribution in [2.45, 2.75) is 12.4 Å². The molecule has 1 N–H and O–H groups in total. The molecule has 0 fully saturated rings. The van der Waals surface area contributed by atoms with Crippen LogP contribution in [0, 0.1) is 4.51 Å². The predicted octanol–water partition coefficient (Wildman–Crippen LogP) is 4.93. The van der Waals surface area contributed by atoms with Gasteiger partial charge in [0.25, 0.3) is 0 Å². The zero-order valence-corrected chi connectivity index (χ0v) is 9.80. The molecule has 102 valence electrons. The normalized spacial score (nSPS) is 12.9. The maximum atomic E-state index is 12.8. The van der Waals surface area contributed by atoms with Crippen molar-refractivity contribution in [2.24, 2.45) is 0 Å². The Kier molecular flexibility index (Phi) is 3.08. The fraction of sp³-hybridized carbons (Fsp3) is 0.182. The number of hydrogen-bond donors (Lipinski definition) is 1. The molecule has 0 atom stereocenters. The Hall–Kier alpha value is -1.57. The first-order valence-electron chi connectivity index (χ1n) is 4.90. The molecule has 0 amide bonds. The first-order valence-corrected chi connectivity index (χ1v) is 5.31. The summed E-state index contributed by atoms with van der Waals surface area (Å²) in [5.41, 5.74) is -3.06. The van der Waals surface area contributed by atoms with Crippen molar-refractivity contribution in [2.75, 3.05) is 0 Å². The van der Waals surface area contributed by atoms with Crippen molar-refractivity contribution in [3.63, 3.8) is 0 Å². The van der Waals surface area contributed by atoms with Crippen LogP contribution in [0.25, 0.3) is 10.9 Å². The molecule has 2 rings (SSSR count). The van der Waals surface area contributed by atoms with Crippen LogP contribution in [0.4, 0.5) is 26.3 Å². The van der Waals surface area contributed by atoms with Gasteiger partial charge in [-0.15, -0.1) is 0 Å².